The largest absolute Gasteiger partial charge is 0.334 e. The van der Waals surface area contributed by atoms with Crippen LogP contribution in [0, 0.1) is 0 Å². The SMILES string of the molecule is CC(C)n1cnc(C(=O)N2CC(N(C)C)C2)c1. The maximum Gasteiger partial charge on any atom is 0.274 e. The Hall–Kier alpha value is -1.36. The molecular weight excluding hydrogens is 216 g/mol. The molecule has 0 aromatic carbocycles. The summed E-state index contributed by atoms with van der Waals surface area (Å²) in [6.45, 7) is 5.75. The molecule has 1 saturated heterocycles. The Kier molecular flexibility index (Phi) is 3.19. The second kappa shape index (κ2) is 4.49. The lowest BCUT2D eigenvalue weighted by Crippen LogP contribution is -2.59. The van der Waals surface area contributed by atoms with E-state index in [1.165, 1.54) is 0 Å². The van der Waals surface area contributed by atoms with Crippen LogP contribution in [0.3, 0.4) is 0 Å². The van der Waals surface area contributed by atoms with Gasteiger partial charge >= 0.3 is 0 Å². The summed E-state index contributed by atoms with van der Waals surface area (Å²) in [4.78, 5) is 20.2. The monoisotopic (exact) mass is 236 g/mol. The van der Waals surface area contributed by atoms with Crippen LogP contribution in [0.4, 0.5) is 0 Å². The van der Waals surface area contributed by atoms with Gasteiger partial charge in [-0.2, -0.15) is 0 Å². The van der Waals surface area contributed by atoms with Crippen LogP contribution in [0.2, 0.25) is 0 Å². The lowest BCUT2D eigenvalue weighted by molar-refractivity contribution is 0.0394. The molecule has 17 heavy (non-hydrogen) atoms. The highest BCUT2D eigenvalue weighted by molar-refractivity contribution is 5.92. The van der Waals surface area contributed by atoms with Crippen molar-refractivity contribution in [3.05, 3.63) is 18.2 Å². The minimum Gasteiger partial charge on any atom is -0.334 e. The molecule has 0 saturated carbocycles. The molecule has 0 unspecified atom stereocenters. The first-order valence-electron chi connectivity index (χ1n) is 5.98. The molecule has 94 valence electrons. The number of carbonyl (C=O) groups excluding carboxylic acids is 1. The van der Waals surface area contributed by atoms with Crippen LogP contribution in [0.25, 0.3) is 0 Å². The van der Waals surface area contributed by atoms with Crippen molar-refractivity contribution in [2.45, 2.75) is 25.9 Å². The molecule has 2 heterocycles. The van der Waals surface area contributed by atoms with E-state index in [9.17, 15) is 4.79 Å². The summed E-state index contributed by atoms with van der Waals surface area (Å²) in [6.07, 6.45) is 3.55. The van der Waals surface area contributed by atoms with E-state index < -0.39 is 0 Å². The zero-order valence-electron chi connectivity index (χ0n) is 10.9. The number of likely N-dealkylation sites (tertiary alicyclic amines) is 1. The number of likely N-dealkylation sites (N-methyl/N-ethyl adjacent to an activating group) is 1. The third kappa shape index (κ3) is 2.34. The van der Waals surface area contributed by atoms with Crippen LogP contribution >= 0.6 is 0 Å². The number of aromatic nitrogens is 2. The molecule has 1 aliphatic heterocycles. The fraction of sp³-hybridized carbons (Fsp3) is 0.667. The van der Waals surface area contributed by atoms with Gasteiger partial charge in [0.1, 0.15) is 5.69 Å². The molecule has 1 aromatic heterocycles. The molecule has 0 bridgehead atoms. The van der Waals surface area contributed by atoms with E-state index in [4.69, 9.17) is 0 Å². The van der Waals surface area contributed by atoms with Gasteiger partial charge in [-0.05, 0) is 27.9 Å². The van der Waals surface area contributed by atoms with Gasteiger partial charge in [-0.3, -0.25) is 4.79 Å². The van der Waals surface area contributed by atoms with Crippen molar-refractivity contribution in [3.8, 4) is 0 Å². The summed E-state index contributed by atoms with van der Waals surface area (Å²) in [5, 5.41) is 0. The van der Waals surface area contributed by atoms with Crippen molar-refractivity contribution in [1.82, 2.24) is 19.4 Å². The van der Waals surface area contributed by atoms with Crippen molar-refractivity contribution >= 4 is 5.91 Å². The smallest absolute Gasteiger partial charge is 0.274 e. The maximum absolute atomic E-state index is 12.1. The van der Waals surface area contributed by atoms with Crippen molar-refractivity contribution in [2.75, 3.05) is 27.2 Å². The molecule has 1 aliphatic rings. The van der Waals surface area contributed by atoms with Crippen LogP contribution in [0.15, 0.2) is 12.5 Å². The molecule has 0 radical (unpaired) electrons. The summed E-state index contributed by atoms with van der Waals surface area (Å²) in [5.74, 6) is 0.0440. The number of imidazole rings is 1. The Morgan fingerprint density at radius 3 is 2.59 bits per heavy atom. The molecule has 5 nitrogen and oxygen atoms in total. The Bertz CT molecular complexity index is 404. The highest BCUT2D eigenvalue weighted by Crippen LogP contribution is 2.16. The summed E-state index contributed by atoms with van der Waals surface area (Å²) >= 11 is 0. The number of amides is 1. The first-order chi connectivity index (χ1) is 7.99. The lowest BCUT2D eigenvalue weighted by atomic mass is 10.1. The second-order valence-corrected chi connectivity index (χ2v) is 5.13. The van der Waals surface area contributed by atoms with E-state index in [-0.39, 0.29) is 5.91 Å². The van der Waals surface area contributed by atoms with Crippen LogP contribution in [0.1, 0.15) is 30.4 Å². The minimum atomic E-state index is 0.0440. The number of carbonyl (C=O) groups is 1. The van der Waals surface area contributed by atoms with E-state index in [0.29, 0.717) is 17.8 Å². The number of hydrogen-bond donors (Lipinski definition) is 0. The number of nitrogens with zero attached hydrogens (tertiary/aromatic N) is 4. The molecule has 5 heteroatoms. The predicted molar refractivity (Wildman–Crippen MR) is 66.0 cm³/mol. The van der Waals surface area contributed by atoms with Gasteiger partial charge in [-0.25, -0.2) is 4.98 Å². The van der Waals surface area contributed by atoms with Crippen LogP contribution in [-0.2, 0) is 0 Å². The first-order valence-corrected chi connectivity index (χ1v) is 5.98. The quantitative estimate of drug-likeness (QED) is 0.781. The highest BCUT2D eigenvalue weighted by atomic mass is 16.2. The fourth-order valence-corrected chi connectivity index (χ4v) is 1.84. The van der Waals surface area contributed by atoms with Crippen LogP contribution in [-0.4, -0.2) is 58.5 Å². The Morgan fingerprint density at radius 2 is 2.12 bits per heavy atom. The lowest BCUT2D eigenvalue weighted by Gasteiger charge is -2.42. The minimum absolute atomic E-state index is 0.0440. The molecule has 1 aromatic rings. The zero-order valence-corrected chi connectivity index (χ0v) is 10.9. The van der Waals surface area contributed by atoms with Crippen molar-refractivity contribution in [1.29, 1.82) is 0 Å². The van der Waals surface area contributed by atoms with Gasteiger partial charge < -0.3 is 14.4 Å². The Labute approximate surface area is 102 Å². The summed E-state index contributed by atoms with van der Waals surface area (Å²) in [5.41, 5.74) is 0.552. The highest BCUT2D eigenvalue weighted by Gasteiger charge is 2.33. The zero-order chi connectivity index (χ0) is 12.6. The normalized spacial score (nSPS) is 16.7. The fourth-order valence-electron chi connectivity index (χ4n) is 1.84. The molecule has 0 aliphatic carbocycles. The van der Waals surface area contributed by atoms with Crippen LogP contribution < -0.4 is 0 Å². The third-order valence-electron chi connectivity index (χ3n) is 3.30. The van der Waals surface area contributed by atoms with Gasteiger partial charge in [0, 0.05) is 31.4 Å². The van der Waals surface area contributed by atoms with Gasteiger partial charge in [-0.1, -0.05) is 0 Å². The van der Waals surface area contributed by atoms with Gasteiger partial charge in [0.2, 0.25) is 0 Å². The molecule has 0 N–H and O–H groups in total. The van der Waals surface area contributed by atoms with Gasteiger partial charge in [0.15, 0.2) is 0 Å². The average Bonchev–Trinajstić information content (AvgIpc) is 2.62. The molecular formula is C12H20N4O. The van der Waals surface area contributed by atoms with Crippen molar-refractivity contribution in [2.24, 2.45) is 0 Å². The molecule has 1 amide bonds. The predicted octanol–water partition coefficient (Wildman–Crippen LogP) is 0.850. The molecule has 1 fully saturated rings. The molecule has 0 atom stereocenters. The first kappa shape index (κ1) is 12.1. The van der Waals surface area contributed by atoms with Crippen molar-refractivity contribution in [3.63, 3.8) is 0 Å². The van der Waals surface area contributed by atoms with Gasteiger partial charge in [0.25, 0.3) is 5.91 Å². The third-order valence-corrected chi connectivity index (χ3v) is 3.30. The molecule has 2 rings (SSSR count). The van der Waals surface area contributed by atoms with E-state index in [2.05, 4.69) is 23.7 Å². The maximum atomic E-state index is 12.1. The van der Waals surface area contributed by atoms with E-state index >= 15 is 0 Å². The summed E-state index contributed by atoms with van der Waals surface area (Å²) in [7, 11) is 4.08. The summed E-state index contributed by atoms with van der Waals surface area (Å²) < 4.78 is 1.95. The van der Waals surface area contributed by atoms with Gasteiger partial charge in [0.05, 0.1) is 6.33 Å². The van der Waals surface area contributed by atoms with E-state index in [0.717, 1.165) is 13.1 Å². The average molecular weight is 236 g/mol. The van der Waals surface area contributed by atoms with E-state index in [1.807, 2.05) is 29.8 Å². The number of hydrogen-bond acceptors (Lipinski definition) is 3. The van der Waals surface area contributed by atoms with E-state index in [1.54, 1.807) is 6.33 Å². The van der Waals surface area contributed by atoms with Gasteiger partial charge in [-0.15, -0.1) is 0 Å². The standard InChI is InChI=1S/C12H20N4O/c1-9(2)16-7-11(13-8-16)12(17)15-5-10(6-15)14(3)4/h7-10H,5-6H2,1-4H3. The van der Waals surface area contributed by atoms with Crippen LogP contribution in [0.5, 0.6) is 0 Å². The summed E-state index contributed by atoms with van der Waals surface area (Å²) in [6, 6.07) is 0.834. The topological polar surface area (TPSA) is 41.4 Å². The van der Waals surface area contributed by atoms with Crippen molar-refractivity contribution < 1.29 is 4.79 Å². The number of rotatable bonds is 3. The Balaban J connectivity index is 1.97. The second-order valence-electron chi connectivity index (χ2n) is 5.13. The molecule has 0 spiro atoms. The Morgan fingerprint density at radius 1 is 1.47 bits per heavy atom.